The van der Waals surface area contributed by atoms with E-state index in [2.05, 4.69) is 5.43 Å². The van der Waals surface area contributed by atoms with Crippen molar-refractivity contribution in [3.8, 4) is 0 Å². The molecule has 3 N–H and O–H groups in total. The Morgan fingerprint density at radius 2 is 2.12 bits per heavy atom. The first-order valence-corrected chi connectivity index (χ1v) is 6.15. The Balaban J connectivity index is 1.59. The number of ether oxygens (including phenoxy) is 3. The molecule has 0 saturated carbocycles. The molecule has 6 heteroatoms. The van der Waals surface area contributed by atoms with Crippen molar-refractivity contribution in [1.29, 1.82) is 0 Å². The monoisotopic (exact) mass is 244 g/mol. The van der Waals surface area contributed by atoms with Crippen LogP contribution in [0.5, 0.6) is 0 Å². The minimum absolute atomic E-state index is 0.00120. The Morgan fingerprint density at radius 3 is 2.82 bits per heavy atom. The molecule has 0 aromatic heterocycles. The molecule has 0 bridgehead atoms. The van der Waals surface area contributed by atoms with Gasteiger partial charge in [-0.1, -0.05) is 0 Å². The zero-order valence-electron chi connectivity index (χ0n) is 9.89. The number of rotatable bonds is 5. The molecule has 2 fully saturated rings. The Bertz CT molecular complexity index is 256. The van der Waals surface area contributed by atoms with E-state index in [-0.39, 0.29) is 18.1 Å². The molecule has 0 radical (unpaired) electrons. The van der Waals surface area contributed by atoms with Gasteiger partial charge in [-0.05, 0) is 25.7 Å². The van der Waals surface area contributed by atoms with Gasteiger partial charge in [-0.25, -0.2) is 5.84 Å². The summed E-state index contributed by atoms with van der Waals surface area (Å²) >= 11 is 0. The third kappa shape index (κ3) is 3.64. The van der Waals surface area contributed by atoms with E-state index in [9.17, 15) is 4.79 Å². The summed E-state index contributed by atoms with van der Waals surface area (Å²) in [5.41, 5.74) is 2.10. The summed E-state index contributed by atoms with van der Waals surface area (Å²) in [5.74, 6) is 4.80. The predicted molar refractivity (Wildman–Crippen MR) is 60.0 cm³/mol. The first-order chi connectivity index (χ1) is 8.29. The fraction of sp³-hybridized carbons (Fsp3) is 0.909. The number of nitrogens with two attached hydrogens (primary N) is 1. The summed E-state index contributed by atoms with van der Waals surface area (Å²) in [7, 11) is 0. The molecule has 2 aliphatic heterocycles. The van der Waals surface area contributed by atoms with E-state index >= 15 is 0 Å². The van der Waals surface area contributed by atoms with Crippen LogP contribution in [0.25, 0.3) is 0 Å². The molecule has 2 aliphatic rings. The Labute approximate surface area is 101 Å². The van der Waals surface area contributed by atoms with Crippen molar-refractivity contribution < 1.29 is 19.0 Å². The molecule has 2 rings (SSSR count). The van der Waals surface area contributed by atoms with Crippen molar-refractivity contribution in [3.05, 3.63) is 0 Å². The number of hydrogen-bond donors (Lipinski definition) is 2. The molecule has 17 heavy (non-hydrogen) atoms. The van der Waals surface area contributed by atoms with Gasteiger partial charge in [0, 0.05) is 6.61 Å². The SMILES string of the molecule is NNC(=O)C1CCC(COCC2CCCO2)O1. The van der Waals surface area contributed by atoms with Crippen LogP contribution >= 0.6 is 0 Å². The second-order valence-corrected chi connectivity index (χ2v) is 4.51. The summed E-state index contributed by atoms with van der Waals surface area (Å²) in [4.78, 5) is 11.2. The maximum Gasteiger partial charge on any atom is 0.263 e. The predicted octanol–water partition coefficient (Wildman–Crippen LogP) is -0.280. The zero-order chi connectivity index (χ0) is 12.1. The Morgan fingerprint density at radius 1 is 1.29 bits per heavy atom. The molecule has 6 nitrogen and oxygen atoms in total. The highest BCUT2D eigenvalue weighted by molar-refractivity contribution is 5.80. The number of carbonyl (C=O) groups is 1. The van der Waals surface area contributed by atoms with E-state index in [0.717, 1.165) is 25.9 Å². The van der Waals surface area contributed by atoms with Crippen LogP contribution in [0, 0.1) is 0 Å². The fourth-order valence-electron chi connectivity index (χ4n) is 2.22. The van der Waals surface area contributed by atoms with Gasteiger partial charge in [0.1, 0.15) is 6.10 Å². The summed E-state index contributed by atoms with van der Waals surface area (Å²) in [6.07, 6.45) is 3.55. The van der Waals surface area contributed by atoms with Crippen LogP contribution in [0.2, 0.25) is 0 Å². The third-order valence-corrected chi connectivity index (χ3v) is 3.17. The van der Waals surface area contributed by atoms with Gasteiger partial charge < -0.3 is 14.2 Å². The standard InChI is InChI=1S/C11H20N2O4/c12-13-11(14)10-4-3-9(17-10)7-15-6-8-2-1-5-16-8/h8-10H,1-7,12H2,(H,13,14). The second kappa shape index (κ2) is 6.30. The molecule has 0 aliphatic carbocycles. The van der Waals surface area contributed by atoms with Crippen molar-refractivity contribution in [1.82, 2.24) is 5.43 Å². The Hall–Kier alpha value is -0.690. The molecule has 0 aromatic carbocycles. The molecule has 0 aromatic rings. The molecule has 3 unspecified atom stereocenters. The zero-order valence-corrected chi connectivity index (χ0v) is 9.89. The molecule has 0 spiro atoms. The van der Waals surface area contributed by atoms with E-state index < -0.39 is 6.10 Å². The lowest BCUT2D eigenvalue weighted by molar-refractivity contribution is -0.133. The van der Waals surface area contributed by atoms with Gasteiger partial charge in [-0.2, -0.15) is 0 Å². The topological polar surface area (TPSA) is 82.8 Å². The number of amides is 1. The summed E-state index contributed by atoms with van der Waals surface area (Å²) in [5, 5.41) is 0. The number of hydrazine groups is 1. The Kier molecular flexibility index (Phi) is 4.73. The number of nitrogens with one attached hydrogen (secondary N) is 1. The van der Waals surface area contributed by atoms with Gasteiger partial charge >= 0.3 is 0 Å². The van der Waals surface area contributed by atoms with Crippen molar-refractivity contribution in [3.63, 3.8) is 0 Å². The van der Waals surface area contributed by atoms with E-state index in [0.29, 0.717) is 19.6 Å². The smallest absolute Gasteiger partial charge is 0.263 e. The molecule has 3 atom stereocenters. The minimum Gasteiger partial charge on any atom is -0.376 e. The van der Waals surface area contributed by atoms with E-state index in [1.54, 1.807) is 0 Å². The summed E-state index contributed by atoms with van der Waals surface area (Å²) in [6.45, 7) is 1.98. The highest BCUT2D eigenvalue weighted by Gasteiger charge is 2.30. The quantitative estimate of drug-likeness (QED) is 0.395. The molecule has 2 saturated heterocycles. The lowest BCUT2D eigenvalue weighted by Gasteiger charge is -2.14. The molecule has 2 heterocycles. The highest BCUT2D eigenvalue weighted by Crippen LogP contribution is 2.20. The van der Waals surface area contributed by atoms with Gasteiger partial charge in [0.2, 0.25) is 0 Å². The summed E-state index contributed by atoms with van der Waals surface area (Å²) in [6, 6.07) is 0. The van der Waals surface area contributed by atoms with Gasteiger partial charge in [0.15, 0.2) is 0 Å². The maximum atomic E-state index is 11.2. The molecular formula is C11H20N2O4. The average molecular weight is 244 g/mol. The van der Waals surface area contributed by atoms with Crippen molar-refractivity contribution >= 4 is 5.91 Å². The maximum absolute atomic E-state index is 11.2. The van der Waals surface area contributed by atoms with E-state index in [4.69, 9.17) is 20.1 Å². The first-order valence-electron chi connectivity index (χ1n) is 6.15. The van der Waals surface area contributed by atoms with Crippen LogP contribution in [-0.4, -0.2) is 44.0 Å². The molecule has 98 valence electrons. The van der Waals surface area contributed by atoms with Crippen molar-refractivity contribution in [2.45, 2.75) is 44.0 Å². The lowest BCUT2D eigenvalue weighted by Crippen LogP contribution is -2.39. The van der Waals surface area contributed by atoms with Gasteiger partial charge in [0.05, 0.1) is 25.4 Å². The highest BCUT2D eigenvalue weighted by atomic mass is 16.6. The van der Waals surface area contributed by atoms with Crippen molar-refractivity contribution in [2.75, 3.05) is 19.8 Å². The van der Waals surface area contributed by atoms with Gasteiger partial charge in [-0.3, -0.25) is 10.2 Å². The van der Waals surface area contributed by atoms with Crippen LogP contribution in [0.1, 0.15) is 25.7 Å². The first kappa shape index (κ1) is 12.8. The van der Waals surface area contributed by atoms with Gasteiger partial charge in [0.25, 0.3) is 5.91 Å². The minimum atomic E-state index is -0.420. The molecule has 1 amide bonds. The van der Waals surface area contributed by atoms with Crippen molar-refractivity contribution in [2.24, 2.45) is 5.84 Å². The number of carbonyl (C=O) groups excluding carboxylic acids is 1. The number of hydrogen-bond acceptors (Lipinski definition) is 5. The second-order valence-electron chi connectivity index (χ2n) is 4.51. The molecular weight excluding hydrogens is 224 g/mol. The lowest BCUT2D eigenvalue weighted by atomic mass is 10.2. The van der Waals surface area contributed by atoms with E-state index in [1.807, 2.05) is 0 Å². The third-order valence-electron chi connectivity index (χ3n) is 3.17. The summed E-state index contributed by atoms with van der Waals surface area (Å²) < 4.78 is 16.5. The van der Waals surface area contributed by atoms with E-state index in [1.165, 1.54) is 0 Å². The van der Waals surface area contributed by atoms with Crippen LogP contribution in [0.3, 0.4) is 0 Å². The van der Waals surface area contributed by atoms with Crippen LogP contribution in [-0.2, 0) is 19.0 Å². The van der Waals surface area contributed by atoms with Crippen LogP contribution in [0.4, 0.5) is 0 Å². The largest absolute Gasteiger partial charge is 0.376 e. The fourth-order valence-corrected chi connectivity index (χ4v) is 2.22. The van der Waals surface area contributed by atoms with Gasteiger partial charge in [-0.15, -0.1) is 0 Å². The normalized spacial score (nSPS) is 32.9. The average Bonchev–Trinajstić information content (AvgIpc) is 2.99. The van der Waals surface area contributed by atoms with Crippen LogP contribution < -0.4 is 11.3 Å². The van der Waals surface area contributed by atoms with Crippen LogP contribution in [0.15, 0.2) is 0 Å².